The Bertz CT molecular complexity index is 567. The summed E-state index contributed by atoms with van der Waals surface area (Å²) in [4.78, 5) is 4.40. The molecule has 0 bridgehead atoms. The van der Waals surface area contributed by atoms with E-state index < -0.39 is 0 Å². The number of benzene rings is 1. The summed E-state index contributed by atoms with van der Waals surface area (Å²) in [7, 11) is 0. The summed E-state index contributed by atoms with van der Waals surface area (Å²) >= 11 is 3.39. The van der Waals surface area contributed by atoms with Gasteiger partial charge >= 0.3 is 0 Å². The first-order valence-electron chi connectivity index (χ1n) is 6.60. The van der Waals surface area contributed by atoms with E-state index in [0.29, 0.717) is 0 Å². The Morgan fingerprint density at radius 1 is 1.21 bits per heavy atom. The molecule has 0 amide bonds. The molecule has 1 aromatic heterocycles. The molecule has 0 radical (unpaired) electrons. The fourth-order valence-electron chi connectivity index (χ4n) is 2.81. The van der Waals surface area contributed by atoms with Gasteiger partial charge in [-0.15, -0.1) is 0 Å². The maximum absolute atomic E-state index is 10.5. The normalized spacial score (nSPS) is 22.0. The molecule has 2 atom stereocenters. The molecule has 1 N–H and O–H groups in total. The van der Waals surface area contributed by atoms with Crippen LogP contribution in [0.2, 0.25) is 0 Å². The third-order valence-electron chi connectivity index (χ3n) is 3.86. The molecule has 0 aliphatic heterocycles. The summed E-state index contributed by atoms with van der Waals surface area (Å²) in [6.07, 6.45) is 4.36. The van der Waals surface area contributed by atoms with Crippen LogP contribution in [0.15, 0.2) is 47.1 Å². The van der Waals surface area contributed by atoms with Crippen LogP contribution >= 0.6 is 15.9 Å². The van der Waals surface area contributed by atoms with Crippen molar-refractivity contribution in [2.75, 3.05) is 0 Å². The van der Waals surface area contributed by atoms with Crippen LogP contribution in [0.25, 0.3) is 0 Å². The van der Waals surface area contributed by atoms with Crippen LogP contribution in [0.4, 0.5) is 0 Å². The first-order valence-corrected chi connectivity index (χ1v) is 7.39. The topological polar surface area (TPSA) is 33.1 Å². The molecule has 2 nitrogen and oxygen atoms in total. The minimum Gasteiger partial charge on any atom is -0.388 e. The van der Waals surface area contributed by atoms with E-state index in [2.05, 4.69) is 27.0 Å². The second kappa shape index (κ2) is 5.43. The summed E-state index contributed by atoms with van der Waals surface area (Å²) in [6, 6.07) is 12.2. The number of aliphatic hydroxyl groups excluding tert-OH is 1. The molecule has 2 unspecified atom stereocenters. The Kier molecular flexibility index (Phi) is 3.67. The number of nitrogens with zero attached hydrogens (tertiary/aromatic N) is 1. The zero-order valence-corrected chi connectivity index (χ0v) is 12.2. The summed E-state index contributed by atoms with van der Waals surface area (Å²) in [5.74, 6) is 0.267. The molecule has 0 saturated carbocycles. The number of aromatic nitrogens is 1. The lowest BCUT2D eigenvalue weighted by Crippen LogP contribution is -2.22. The van der Waals surface area contributed by atoms with Gasteiger partial charge in [-0.1, -0.05) is 24.3 Å². The highest BCUT2D eigenvalue weighted by Crippen LogP contribution is 2.35. The second-order valence-electron chi connectivity index (χ2n) is 5.11. The number of rotatable bonds is 2. The molecule has 1 heterocycles. The maximum Gasteiger partial charge on any atom is 0.0824 e. The Morgan fingerprint density at radius 3 is 2.84 bits per heavy atom. The predicted octanol–water partition coefficient (Wildman–Crippen LogP) is 3.68. The Labute approximate surface area is 121 Å². The molecule has 1 aromatic carbocycles. The predicted molar refractivity (Wildman–Crippen MR) is 78.9 cm³/mol. The molecule has 0 spiro atoms. The van der Waals surface area contributed by atoms with E-state index in [1.54, 1.807) is 0 Å². The highest BCUT2D eigenvalue weighted by atomic mass is 79.9. The van der Waals surface area contributed by atoms with Gasteiger partial charge in [0.05, 0.1) is 6.10 Å². The average Bonchev–Trinajstić information content (AvgIpc) is 2.45. The number of hydrogen-bond acceptors (Lipinski definition) is 2. The van der Waals surface area contributed by atoms with E-state index in [1.165, 1.54) is 5.56 Å². The molecule has 0 fully saturated rings. The van der Waals surface area contributed by atoms with E-state index in [0.717, 1.165) is 35.0 Å². The van der Waals surface area contributed by atoms with E-state index >= 15 is 0 Å². The van der Waals surface area contributed by atoms with Crippen LogP contribution < -0.4 is 0 Å². The van der Waals surface area contributed by atoms with Gasteiger partial charge in [0, 0.05) is 16.4 Å². The monoisotopic (exact) mass is 317 g/mol. The van der Waals surface area contributed by atoms with Crippen LogP contribution in [-0.4, -0.2) is 10.1 Å². The van der Waals surface area contributed by atoms with Crippen LogP contribution in [0, 0.1) is 5.92 Å². The van der Waals surface area contributed by atoms with Gasteiger partial charge in [-0.3, -0.25) is 4.98 Å². The maximum atomic E-state index is 10.5. The van der Waals surface area contributed by atoms with Gasteiger partial charge in [-0.2, -0.15) is 0 Å². The van der Waals surface area contributed by atoms with Crippen LogP contribution in [0.1, 0.15) is 29.3 Å². The lowest BCUT2D eigenvalue weighted by Gasteiger charge is -2.29. The van der Waals surface area contributed by atoms with E-state index in [1.807, 2.05) is 36.5 Å². The third-order valence-corrected chi connectivity index (χ3v) is 4.33. The van der Waals surface area contributed by atoms with Gasteiger partial charge in [0.15, 0.2) is 0 Å². The molecule has 1 aliphatic rings. The molecule has 0 saturated heterocycles. The number of halogens is 1. The fourth-order valence-corrected chi connectivity index (χ4v) is 3.05. The van der Waals surface area contributed by atoms with Crippen LogP contribution in [-0.2, 0) is 12.8 Å². The van der Waals surface area contributed by atoms with Crippen molar-refractivity contribution in [3.05, 3.63) is 63.9 Å². The standard InChI is InChI=1S/C16H16BrNO/c17-13-7-8-14(18-10-13)9-12-6-5-11-3-1-2-4-15(11)16(12)19/h1-4,7-8,10,12,16,19H,5-6,9H2. The minimum atomic E-state index is -0.365. The largest absolute Gasteiger partial charge is 0.388 e. The summed E-state index contributed by atoms with van der Waals surface area (Å²) < 4.78 is 0.991. The van der Waals surface area contributed by atoms with Crippen molar-refractivity contribution in [3.63, 3.8) is 0 Å². The number of pyridine rings is 1. The first kappa shape index (κ1) is 12.8. The minimum absolute atomic E-state index is 0.267. The van der Waals surface area contributed by atoms with E-state index in [-0.39, 0.29) is 12.0 Å². The molecular weight excluding hydrogens is 302 g/mol. The number of aryl methyl sites for hydroxylation is 1. The van der Waals surface area contributed by atoms with Crippen LogP contribution in [0.3, 0.4) is 0 Å². The Balaban J connectivity index is 1.79. The average molecular weight is 318 g/mol. The number of aliphatic hydroxyl groups is 1. The summed E-state index contributed by atoms with van der Waals surface area (Å²) in [5, 5.41) is 10.5. The smallest absolute Gasteiger partial charge is 0.0824 e. The zero-order chi connectivity index (χ0) is 13.2. The van der Waals surface area contributed by atoms with Gasteiger partial charge in [0.25, 0.3) is 0 Å². The van der Waals surface area contributed by atoms with Crippen molar-refractivity contribution in [3.8, 4) is 0 Å². The molecule has 1 aliphatic carbocycles. The SMILES string of the molecule is OC1c2ccccc2CCC1Cc1ccc(Br)cn1. The quantitative estimate of drug-likeness (QED) is 0.916. The van der Waals surface area contributed by atoms with Crippen molar-refractivity contribution in [1.82, 2.24) is 4.98 Å². The molecule has 2 aromatic rings. The van der Waals surface area contributed by atoms with Crippen molar-refractivity contribution >= 4 is 15.9 Å². The summed E-state index contributed by atoms with van der Waals surface area (Å²) in [6.45, 7) is 0. The number of hydrogen-bond donors (Lipinski definition) is 1. The third kappa shape index (κ3) is 2.72. The zero-order valence-electron chi connectivity index (χ0n) is 10.6. The van der Waals surface area contributed by atoms with Gasteiger partial charge in [-0.05, 0) is 64.4 Å². The highest BCUT2D eigenvalue weighted by Gasteiger charge is 2.27. The van der Waals surface area contributed by atoms with Crippen LogP contribution in [0.5, 0.6) is 0 Å². The van der Waals surface area contributed by atoms with Gasteiger partial charge in [0.2, 0.25) is 0 Å². The van der Waals surface area contributed by atoms with Gasteiger partial charge < -0.3 is 5.11 Å². The van der Waals surface area contributed by atoms with Crippen molar-refractivity contribution in [2.45, 2.75) is 25.4 Å². The number of fused-ring (bicyclic) bond motifs is 1. The summed E-state index contributed by atoms with van der Waals surface area (Å²) in [5.41, 5.74) is 3.43. The van der Waals surface area contributed by atoms with Gasteiger partial charge in [0.1, 0.15) is 0 Å². The Morgan fingerprint density at radius 2 is 2.05 bits per heavy atom. The lowest BCUT2D eigenvalue weighted by molar-refractivity contribution is 0.0931. The first-order chi connectivity index (χ1) is 9.24. The van der Waals surface area contributed by atoms with E-state index in [4.69, 9.17) is 0 Å². The van der Waals surface area contributed by atoms with E-state index in [9.17, 15) is 5.11 Å². The molecule has 3 rings (SSSR count). The van der Waals surface area contributed by atoms with Gasteiger partial charge in [-0.25, -0.2) is 0 Å². The van der Waals surface area contributed by atoms with Crippen molar-refractivity contribution < 1.29 is 5.11 Å². The lowest BCUT2D eigenvalue weighted by atomic mass is 9.79. The highest BCUT2D eigenvalue weighted by molar-refractivity contribution is 9.10. The Hall–Kier alpha value is -1.19. The fraction of sp³-hybridized carbons (Fsp3) is 0.312. The molecule has 19 heavy (non-hydrogen) atoms. The molecule has 3 heteroatoms. The molecular formula is C16H16BrNO. The van der Waals surface area contributed by atoms with Crippen molar-refractivity contribution in [2.24, 2.45) is 5.92 Å². The van der Waals surface area contributed by atoms with Crippen molar-refractivity contribution in [1.29, 1.82) is 0 Å². The molecule has 98 valence electrons. The second-order valence-corrected chi connectivity index (χ2v) is 6.03.